The van der Waals surface area contributed by atoms with E-state index in [2.05, 4.69) is 14.9 Å². The number of likely N-dealkylation sites (tertiary alicyclic amines) is 1. The molecular weight excluding hydrogens is 374 g/mol. The summed E-state index contributed by atoms with van der Waals surface area (Å²) in [7, 11) is -3.70. The van der Waals surface area contributed by atoms with Crippen LogP contribution in [0.1, 0.15) is 35.2 Å². The van der Waals surface area contributed by atoms with Gasteiger partial charge in [-0.25, -0.2) is 8.42 Å². The summed E-state index contributed by atoms with van der Waals surface area (Å²) in [6.45, 7) is 5.65. The first-order valence-electron chi connectivity index (χ1n) is 9.65. The van der Waals surface area contributed by atoms with Gasteiger partial charge in [0.15, 0.2) is 0 Å². The molecule has 1 saturated heterocycles. The van der Waals surface area contributed by atoms with E-state index in [0.717, 1.165) is 26.1 Å². The lowest BCUT2D eigenvalue weighted by Gasteiger charge is -2.15. The average Bonchev–Trinajstić information content (AvgIpc) is 3.21. The fourth-order valence-corrected chi connectivity index (χ4v) is 4.55. The second-order valence-electron chi connectivity index (χ2n) is 7.05. The molecule has 1 amide bonds. The Morgan fingerprint density at radius 1 is 1.04 bits per heavy atom. The van der Waals surface area contributed by atoms with Crippen molar-refractivity contribution >= 4 is 21.6 Å². The van der Waals surface area contributed by atoms with Crippen LogP contribution in [0.4, 0.5) is 5.69 Å². The number of amides is 1. The van der Waals surface area contributed by atoms with E-state index in [9.17, 15) is 13.2 Å². The van der Waals surface area contributed by atoms with Crippen molar-refractivity contribution in [3.8, 4) is 0 Å². The molecule has 1 fully saturated rings. The van der Waals surface area contributed by atoms with Crippen molar-refractivity contribution in [2.45, 2.75) is 31.1 Å². The molecule has 0 unspecified atom stereocenters. The predicted octanol–water partition coefficient (Wildman–Crippen LogP) is 3.01. The molecular formula is C21H27N3O3S. The van der Waals surface area contributed by atoms with E-state index in [4.69, 9.17) is 0 Å². The number of anilines is 1. The number of nitrogens with zero attached hydrogens (tertiary/aromatic N) is 1. The molecule has 0 bridgehead atoms. The van der Waals surface area contributed by atoms with Crippen LogP contribution in [0.3, 0.4) is 0 Å². The Bertz CT molecular complexity index is 908. The number of nitrogens with one attached hydrogen (secondary N) is 2. The molecule has 3 rings (SSSR count). The van der Waals surface area contributed by atoms with E-state index in [-0.39, 0.29) is 10.8 Å². The standard InChI is InChI=1S/C21H27N3O3S/c1-17-19(21(25)22-13-8-16-24-14-5-6-15-24)11-7-12-20(17)23-28(26,27)18-9-3-2-4-10-18/h2-4,7,9-12,23H,5-6,8,13-16H2,1H3,(H,22,25). The van der Waals surface area contributed by atoms with Crippen LogP contribution < -0.4 is 10.0 Å². The molecule has 150 valence electrons. The Hall–Kier alpha value is -2.38. The Balaban J connectivity index is 1.62. The monoisotopic (exact) mass is 401 g/mol. The van der Waals surface area contributed by atoms with E-state index in [1.807, 2.05) is 0 Å². The zero-order valence-electron chi connectivity index (χ0n) is 16.1. The van der Waals surface area contributed by atoms with Gasteiger partial charge in [-0.2, -0.15) is 0 Å². The van der Waals surface area contributed by atoms with Crippen LogP contribution in [0.15, 0.2) is 53.4 Å². The maximum atomic E-state index is 12.6. The fraction of sp³-hybridized carbons (Fsp3) is 0.381. The van der Waals surface area contributed by atoms with Crippen molar-refractivity contribution in [2.24, 2.45) is 0 Å². The third-order valence-corrected chi connectivity index (χ3v) is 6.39. The first-order chi connectivity index (χ1) is 13.5. The van der Waals surface area contributed by atoms with Gasteiger partial charge in [-0.1, -0.05) is 24.3 Å². The highest BCUT2D eigenvalue weighted by Gasteiger charge is 2.18. The molecule has 2 N–H and O–H groups in total. The van der Waals surface area contributed by atoms with E-state index < -0.39 is 10.0 Å². The average molecular weight is 402 g/mol. The third kappa shape index (κ3) is 5.11. The molecule has 7 heteroatoms. The first-order valence-corrected chi connectivity index (χ1v) is 11.1. The lowest BCUT2D eigenvalue weighted by atomic mass is 10.1. The quantitative estimate of drug-likeness (QED) is 0.667. The topological polar surface area (TPSA) is 78.5 Å². The molecule has 1 aliphatic rings. The summed E-state index contributed by atoms with van der Waals surface area (Å²) in [5, 5.41) is 2.94. The van der Waals surface area contributed by atoms with E-state index in [1.54, 1.807) is 43.3 Å². The minimum absolute atomic E-state index is 0.181. The van der Waals surface area contributed by atoms with Gasteiger partial charge in [0.05, 0.1) is 10.6 Å². The summed E-state index contributed by atoms with van der Waals surface area (Å²) in [6.07, 6.45) is 3.43. The molecule has 0 aliphatic carbocycles. The van der Waals surface area contributed by atoms with Crippen molar-refractivity contribution in [1.29, 1.82) is 0 Å². The maximum absolute atomic E-state index is 12.6. The molecule has 6 nitrogen and oxygen atoms in total. The van der Waals surface area contributed by atoms with Crippen LogP contribution in [0, 0.1) is 6.92 Å². The number of hydrogen-bond donors (Lipinski definition) is 2. The van der Waals surface area contributed by atoms with Crippen molar-refractivity contribution in [2.75, 3.05) is 30.9 Å². The zero-order chi connectivity index (χ0) is 20.0. The van der Waals surface area contributed by atoms with Crippen molar-refractivity contribution in [1.82, 2.24) is 10.2 Å². The van der Waals surface area contributed by atoms with Crippen LogP contribution in [0.5, 0.6) is 0 Å². The lowest BCUT2D eigenvalue weighted by molar-refractivity contribution is 0.0951. The van der Waals surface area contributed by atoms with E-state index in [0.29, 0.717) is 23.4 Å². The molecule has 0 aromatic heterocycles. The van der Waals surface area contributed by atoms with Gasteiger partial charge in [0.2, 0.25) is 0 Å². The number of carbonyl (C=O) groups is 1. The normalized spacial score (nSPS) is 14.8. The van der Waals surface area contributed by atoms with Crippen LogP contribution in [0.2, 0.25) is 0 Å². The van der Waals surface area contributed by atoms with Crippen LogP contribution in [-0.2, 0) is 10.0 Å². The largest absolute Gasteiger partial charge is 0.352 e. The summed E-state index contributed by atoms with van der Waals surface area (Å²) in [5.74, 6) is -0.181. The molecule has 0 saturated carbocycles. The van der Waals surface area contributed by atoms with Gasteiger partial charge in [0, 0.05) is 12.1 Å². The van der Waals surface area contributed by atoms with Gasteiger partial charge in [0.1, 0.15) is 0 Å². The molecule has 2 aromatic rings. The maximum Gasteiger partial charge on any atom is 0.261 e. The molecule has 0 atom stereocenters. The summed E-state index contributed by atoms with van der Waals surface area (Å²) in [6, 6.07) is 13.3. The summed E-state index contributed by atoms with van der Waals surface area (Å²) < 4.78 is 27.7. The lowest BCUT2D eigenvalue weighted by Crippen LogP contribution is -2.29. The Labute approximate surface area is 167 Å². The zero-order valence-corrected chi connectivity index (χ0v) is 17.0. The highest BCUT2D eigenvalue weighted by molar-refractivity contribution is 7.92. The predicted molar refractivity (Wildman–Crippen MR) is 111 cm³/mol. The Morgan fingerprint density at radius 3 is 2.46 bits per heavy atom. The number of rotatable bonds is 8. The smallest absolute Gasteiger partial charge is 0.261 e. The summed E-state index contributed by atoms with van der Waals surface area (Å²) >= 11 is 0. The van der Waals surface area contributed by atoms with Crippen LogP contribution in [0.25, 0.3) is 0 Å². The first kappa shape index (κ1) is 20.4. The summed E-state index contributed by atoms with van der Waals surface area (Å²) in [5.41, 5.74) is 1.50. The fourth-order valence-electron chi connectivity index (χ4n) is 3.40. The highest BCUT2D eigenvalue weighted by Crippen LogP contribution is 2.22. The SMILES string of the molecule is Cc1c(NS(=O)(=O)c2ccccc2)cccc1C(=O)NCCCN1CCCC1. The van der Waals surface area contributed by atoms with Crippen molar-refractivity contribution in [3.63, 3.8) is 0 Å². The van der Waals surface area contributed by atoms with Gasteiger partial charge in [-0.15, -0.1) is 0 Å². The summed E-state index contributed by atoms with van der Waals surface area (Å²) in [4.78, 5) is 15.1. The Kier molecular flexibility index (Phi) is 6.70. The molecule has 2 aromatic carbocycles. The van der Waals surface area contributed by atoms with Gasteiger partial charge in [-0.3, -0.25) is 9.52 Å². The third-order valence-electron chi connectivity index (χ3n) is 5.01. The van der Waals surface area contributed by atoms with E-state index >= 15 is 0 Å². The molecule has 0 radical (unpaired) electrons. The molecule has 28 heavy (non-hydrogen) atoms. The number of sulfonamides is 1. The van der Waals surface area contributed by atoms with Crippen LogP contribution in [-0.4, -0.2) is 45.4 Å². The number of hydrogen-bond acceptors (Lipinski definition) is 4. The Morgan fingerprint density at radius 2 is 1.75 bits per heavy atom. The molecule has 0 spiro atoms. The van der Waals surface area contributed by atoms with Crippen molar-refractivity contribution in [3.05, 3.63) is 59.7 Å². The van der Waals surface area contributed by atoms with Gasteiger partial charge < -0.3 is 10.2 Å². The van der Waals surface area contributed by atoms with E-state index in [1.165, 1.54) is 25.0 Å². The van der Waals surface area contributed by atoms with Crippen molar-refractivity contribution < 1.29 is 13.2 Å². The minimum Gasteiger partial charge on any atom is -0.352 e. The highest BCUT2D eigenvalue weighted by atomic mass is 32.2. The second kappa shape index (κ2) is 9.21. The molecule has 1 heterocycles. The minimum atomic E-state index is -3.70. The number of benzene rings is 2. The number of carbonyl (C=O) groups excluding carboxylic acids is 1. The van der Waals surface area contributed by atoms with Gasteiger partial charge >= 0.3 is 0 Å². The second-order valence-corrected chi connectivity index (χ2v) is 8.74. The van der Waals surface area contributed by atoms with Crippen LogP contribution >= 0.6 is 0 Å². The van der Waals surface area contributed by atoms with Gasteiger partial charge in [0.25, 0.3) is 15.9 Å². The molecule has 1 aliphatic heterocycles. The van der Waals surface area contributed by atoms with Gasteiger partial charge in [-0.05, 0) is 75.6 Å².